The Morgan fingerprint density at radius 2 is 1.90 bits per heavy atom. The van der Waals surface area contributed by atoms with E-state index in [0.717, 1.165) is 5.56 Å². The summed E-state index contributed by atoms with van der Waals surface area (Å²) < 4.78 is 5.61. The van der Waals surface area contributed by atoms with Crippen molar-refractivity contribution in [2.24, 2.45) is 0 Å². The second kappa shape index (κ2) is 6.64. The van der Waals surface area contributed by atoms with E-state index in [0.29, 0.717) is 21.4 Å². The van der Waals surface area contributed by atoms with E-state index in [-0.39, 0.29) is 13.0 Å². The van der Waals surface area contributed by atoms with E-state index < -0.39 is 5.97 Å². The molecule has 20 heavy (non-hydrogen) atoms. The van der Waals surface area contributed by atoms with Gasteiger partial charge in [0, 0.05) is 5.56 Å². The smallest absolute Gasteiger partial charge is 0.307 e. The quantitative estimate of drug-likeness (QED) is 0.900. The molecule has 0 fully saturated rings. The van der Waals surface area contributed by atoms with Crippen molar-refractivity contribution in [3.63, 3.8) is 0 Å². The normalized spacial score (nSPS) is 10.3. The van der Waals surface area contributed by atoms with E-state index in [1.807, 2.05) is 6.07 Å². The van der Waals surface area contributed by atoms with Crippen molar-refractivity contribution in [3.8, 4) is 5.75 Å². The van der Waals surface area contributed by atoms with Gasteiger partial charge >= 0.3 is 5.97 Å². The number of carboxylic acid groups (broad SMARTS) is 1. The van der Waals surface area contributed by atoms with E-state index in [9.17, 15) is 4.79 Å². The van der Waals surface area contributed by atoms with E-state index in [4.69, 9.17) is 33.0 Å². The van der Waals surface area contributed by atoms with Crippen molar-refractivity contribution < 1.29 is 14.6 Å². The number of halogens is 2. The molecule has 0 aliphatic rings. The summed E-state index contributed by atoms with van der Waals surface area (Å²) in [5, 5.41) is 9.71. The molecular weight excluding hydrogens is 299 g/mol. The predicted octanol–water partition coefficient (Wildman–Crippen LogP) is 4.20. The highest BCUT2D eigenvalue weighted by molar-refractivity contribution is 6.42. The van der Waals surface area contributed by atoms with Crippen molar-refractivity contribution in [1.82, 2.24) is 0 Å². The predicted molar refractivity (Wildman–Crippen MR) is 78.6 cm³/mol. The van der Waals surface area contributed by atoms with Crippen LogP contribution >= 0.6 is 23.2 Å². The van der Waals surface area contributed by atoms with E-state index in [1.165, 1.54) is 0 Å². The van der Waals surface area contributed by atoms with Crippen LogP contribution in [0.5, 0.6) is 5.75 Å². The third-order valence-electron chi connectivity index (χ3n) is 2.68. The summed E-state index contributed by atoms with van der Waals surface area (Å²) in [6, 6.07) is 12.3. The van der Waals surface area contributed by atoms with Crippen molar-refractivity contribution in [2.45, 2.75) is 13.0 Å². The zero-order valence-corrected chi connectivity index (χ0v) is 12.0. The Hall–Kier alpha value is -1.71. The SMILES string of the molecule is O=C(O)Cc1cccc(OCc2cccc(Cl)c2Cl)c1. The van der Waals surface area contributed by atoms with Crippen LogP contribution in [0.4, 0.5) is 0 Å². The molecule has 0 saturated carbocycles. The fourth-order valence-electron chi connectivity index (χ4n) is 1.74. The molecule has 0 spiro atoms. The molecule has 0 heterocycles. The molecule has 1 N–H and O–H groups in total. The van der Waals surface area contributed by atoms with Gasteiger partial charge in [0.15, 0.2) is 0 Å². The fourth-order valence-corrected chi connectivity index (χ4v) is 2.12. The van der Waals surface area contributed by atoms with Crippen LogP contribution in [0.25, 0.3) is 0 Å². The van der Waals surface area contributed by atoms with Gasteiger partial charge in [0.05, 0.1) is 16.5 Å². The Labute approximate surface area is 126 Å². The van der Waals surface area contributed by atoms with Gasteiger partial charge in [-0.1, -0.05) is 47.5 Å². The lowest BCUT2D eigenvalue weighted by molar-refractivity contribution is -0.136. The van der Waals surface area contributed by atoms with E-state index >= 15 is 0 Å². The third kappa shape index (κ3) is 3.89. The van der Waals surface area contributed by atoms with Crippen molar-refractivity contribution in [2.75, 3.05) is 0 Å². The topological polar surface area (TPSA) is 46.5 Å². The van der Waals surface area contributed by atoms with Crippen LogP contribution < -0.4 is 4.74 Å². The minimum Gasteiger partial charge on any atom is -0.489 e. The minimum absolute atomic E-state index is 0.0326. The molecule has 0 unspecified atom stereocenters. The molecule has 0 aliphatic carbocycles. The number of hydrogen-bond acceptors (Lipinski definition) is 2. The maximum atomic E-state index is 10.7. The van der Waals surface area contributed by atoms with Crippen LogP contribution in [-0.2, 0) is 17.8 Å². The number of carbonyl (C=O) groups is 1. The lowest BCUT2D eigenvalue weighted by atomic mass is 10.1. The highest BCUT2D eigenvalue weighted by Crippen LogP contribution is 2.26. The number of ether oxygens (including phenoxy) is 1. The summed E-state index contributed by atoms with van der Waals surface area (Å²) in [6.07, 6.45) is -0.0326. The van der Waals surface area contributed by atoms with Crippen molar-refractivity contribution >= 4 is 29.2 Å². The molecule has 0 saturated heterocycles. The van der Waals surface area contributed by atoms with E-state index in [2.05, 4.69) is 0 Å². The number of hydrogen-bond donors (Lipinski definition) is 1. The van der Waals surface area contributed by atoms with Gasteiger partial charge in [0.25, 0.3) is 0 Å². The summed E-state index contributed by atoms with van der Waals surface area (Å²) in [6.45, 7) is 0.274. The second-order valence-electron chi connectivity index (χ2n) is 4.22. The summed E-state index contributed by atoms with van der Waals surface area (Å²) in [7, 11) is 0. The lowest BCUT2D eigenvalue weighted by Gasteiger charge is -2.09. The Morgan fingerprint density at radius 3 is 2.65 bits per heavy atom. The Balaban J connectivity index is 2.07. The monoisotopic (exact) mass is 310 g/mol. The first kappa shape index (κ1) is 14.7. The van der Waals surface area contributed by atoms with Gasteiger partial charge in [0.2, 0.25) is 0 Å². The summed E-state index contributed by atoms with van der Waals surface area (Å²) in [5.41, 5.74) is 1.47. The molecule has 2 aromatic rings. The molecule has 0 aliphatic heterocycles. The molecule has 0 aromatic heterocycles. The summed E-state index contributed by atoms with van der Waals surface area (Å²) in [4.78, 5) is 10.7. The number of rotatable bonds is 5. The largest absolute Gasteiger partial charge is 0.489 e. The number of carboxylic acids is 1. The van der Waals surface area contributed by atoms with Crippen LogP contribution in [0.2, 0.25) is 10.0 Å². The summed E-state index contributed by atoms with van der Waals surface area (Å²) in [5.74, 6) is -0.278. The van der Waals surface area contributed by atoms with Gasteiger partial charge in [-0.15, -0.1) is 0 Å². The van der Waals surface area contributed by atoms with Gasteiger partial charge in [-0.25, -0.2) is 0 Å². The molecule has 0 radical (unpaired) electrons. The third-order valence-corrected chi connectivity index (χ3v) is 3.54. The molecular formula is C15H12Cl2O3. The van der Waals surface area contributed by atoms with Gasteiger partial charge in [0.1, 0.15) is 12.4 Å². The highest BCUT2D eigenvalue weighted by atomic mass is 35.5. The molecule has 104 valence electrons. The van der Waals surface area contributed by atoms with Gasteiger partial charge in [-0.3, -0.25) is 4.79 Å². The van der Waals surface area contributed by atoms with Crippen LogP contribution in [0.1, 0.15) is 11.1 Å². The summed E-state index contributed by atoms with van der Waals surface area (Å²) >= 11 is 12.0. The minimum atomic E-state index is -0.875. The first-order valence-electron chi connectivity index (χ1n) is 5.92. The first-order valence-corrected chi connectivity index (χ1v) is 6.68. The van der Waals surface area contributed by atoms with E-state index in [1.54, 1.807) is 36.4 Å². The van der Waals surface area contributed by atoms with Crippen molar-refractivity contribution in [3.05, 3.63) is 63.6 Å². The molecule has 0 bridgehead atoms. The Bertz CT molecular complexity index is 626. The van der Waals surface area contributed by atoms with Gasteiger partial charge in [-0.05, 0) is 23.8 Å². The van der Waals surface area contributed by atoms with Crippen molar-refractivity contribution in [1.29, 1.82) is 0 Å². The fraction of sp³-hybridized carbons (Fsp3) is 0.133. The zero-order chi connectivity index (χ0) is 14.5. The van der Waals surface area contributed by atoms with Crippen LogP contribution in [0, 0.1) is 0 Å². The van der Waals surface area contributed by atoms with Crippen LogP contribution in [-0.4, -0.2) is 11.1 Å². The molecule has 2 aromatic carbocycles. The molecule has 0 atom stereocenters. The maximum Gasteiger partial charge on any atom is 0.307 e. The molecule has 2 rings (SSSR count). The molecule has 5 heteroatoms. The number of aliphatic carboxylic acids is 1. The van der Waals surface area contributed by atoms with Gasteiger partial charge < -0.3 is 9.84 Å². The lowest BCUT2D eigenvalue weighted by Crippen LogP contribution is -2.01. The Kier molecular flexibility index (Phi) is 4.88. The second-order valence-corrected chi connectivity index (χ2v) is 5.00. The molecule has 3 nitrogen and oxygen atoms in total. The average molecular weight is 311 g/mol. The Morgan fingerprint density at radius 1 is 1.15 bits per heavy atom. The number of benzene rings is 2. The zero-order valence-electron chi connectivity index (χ0n) is 10.5. The maximum absolute atomic E-state index is 10.7. The van der Waals surface area contributed by atoms with Crippen LogP contribution in [0.3, 0.4) is 0 Å². The van der Waals surface area contributed by atoms with Gasteiger partial charge in [-0.2, -0.15) is 0 Å². The van der Waals surface area contributed by atoms with Crippen LogP contribution in [0.15, 0.2) is 42.5 Å². The highest BCUT2D eigenvalue weighted by Gasteiger charge is 2.06. The molecule has 0 amide bonds. The first-order chi connectivity index (χ1) is 9.56. The standard InChI is InChI=1S/C15H12Cl2O3/c16-13-6-2-4-11(15(13)17)9-20-12-5-1-3-10(7-12)8-14(18)19/h1-7H,8-9H2,(H,18,19). The average Bonchev–Trinajstić information content (AvgIpc) is 2.40.